The standard InChI is InChI=1S/C8H11NO2/c1-2-3-4-8(7(10)11)5-9-6-8/h9H,4-6H2,1H3,(H,10,11). The summed E-state index contributed by atoms with van der Waals surface area (Å²) in [4.78, 5) is 10.7. The zero-order chi connectivity index (χ0) is 8.32. The average Bonchev–Trinajstić information content (AvgIpc) is 1.85. The Bertz CT molecular complexity index is 220. The molecule has 0 aliphatic carbocycles. The first-order valence-corrected chi connectivity index (χ1v) is 3.55. The van der Waals surface area contributed by atoms with Crippen LogP contribution in [0, 0.1) is 17.3 Å². The highest BCUT2D eigenvalue weighted by Gasteiger charge is 2.43. The molecule has 1 aliphatic rings. The first-order valence-electron chi connectivity index (χ1n) is 3.55. The van der Waals surface area contributed by atoms with Gasteiger partial charge >= 0.3 is 5.97 Å². The Hall–Kier alpha value is -1.01. The zero-order valence-electron chi connectivity index (χ0n) is 6.48. The van der Waals surface area contributed by atoms with Crippen molar-refractivity contribution in [1.82, 2.24) is 5.32 Å². The molecule has 1 fully saturated rings. The predicted octanol–water partition coefficient (Wildman–Crippen LogP) is 0.0740. The summed E-state index contributed by atoms with van der Waals surface area (Å²) in [7, 11) is 0. The Labute approximate surface area is 65.8 Å². The Morgan fingerprint density at radius 2 is 2.36 bits per heavy atom. The molecule has 2 N–H and O–H groups in total. The molecule has 1 saturated heterocycles. The molecule has 0 saturated carbocycles. The van der Waals surface area contributed by atoms with E-state index in [1.54, 1.807) is 6.92 Å². The number of aliphatic carboxylic acids is 1. The van der Waals surface area contributed by atoms with Crippen molar-refractivity contribution in [2.45, 2.75) is 13.3 Å². The van der Waals surface area contributed by atoms with Crippen molar-refractivity contribution >= 4 is 5.97 Å². The van der Waals surface area contributed by atoms with E-state index in [1.807, 2.05) is 0 Å². The quantitative estimate of drug-likeness (QED) is 0.552. The van der Waals surface area contributed by atoms with Crippen LogP contribution in [0.5, 0.6) is 0 Å². The lowest BCUT2D eigenvalue weighted by atomic mass is 9.79. The zero-order valence-corrected chi connectivity index (χ0v) is 6.48. The number of hydrogen-bond acceptors (Lipinski definition) is 2. The summed E-state index contributed by atoms with van der Waals surface area (Å²) in [5.41, 5.74) is -0.594. The monoisotopic (exact) mass is 153 g/mol. The van der Waals surface area contributed by atoms with Crippen LogP contribution in [0.2, 0.25) is 0 Å². The molecule has 0 amide bonds. The Morgan fingerprint density at radius 3 is 2.64 bits per heavy atom. The number of carboxylic acids is 1. The Balaban J connectivity index is 2.58. The van der Waals surface area contributed by atoms with Gasteiger partial charge in [-0.05, 0) is 6.92 Å². The van der Waals surface area contributed by atoms with Crippen molar-refractivity contribution in [1.29, 1.82) is 0 Å². The lowest BCUT2D eigenvalue weighted by Crippen LogP contribution is -2.57. The minimum Gasteiger partial charge on any atom is -0.481 e. The van der Waals surface area contributed by atoms with E-state index in [2.05, 4.69) is 17.2 Å². The van der Waals surface area contributed by atoms with Gasteiger partial charge in [0.2, 0.25) is 0 Å². The maximum absolute atomic E-state index is 10.7. The van der Waals surface area contributed by atoms with Crippen molar-refractivity contribution in [3.8, 4) is 11.8 Å². The van der Waals surface area contributed by atoms with Crippen LogP contribution in [-0.4, -0.2) is 24.2 Å². The van der Waals surface area contributed by atoms with Gasteiger partial charge in [0.25, 0.3) is 0 Å². The number of rotatable bonds is 2. The van der Waals surface area contributed by atoms with Crippen LogP contribution in [0.15, 0.2) is 0 Å². The molecule has 60 valence electrons. The van der Waals surface area contributed by atoms with E-state index < -0.39 is 11.4 Å². The van der Waals surface area contributed by atoms with Crippen LogP contribution in [0.4, 0.5) is 0 Å². The van der Waals surface area contributed by atoms with E-state index in [1.165, 1.54) is 0 Å². The molecule has 0 atom stereocenters. The maximum atomic E-state index is 10.7. The third-order valence-corrected chi connectivity index (χ3v) is 1.98. The molecular formula is C8H11NO2. The number of carbonyl (C=O) groups is 1. The van der Waals surface area contributed by atoms with Gasteiger partial charge in [-0.3, -0.25) is 4.79 Å². The summed E-state index contributed by atoms with van der Waals surface area (Å²) in [6.07, 6.45) is 0.464. The molecule has 1 aliphatic heterocycles. The number of nitrogens with one attached hydrogen (secondary N) is 1. The first-order chi connectivity index (χ1) is 5.21. The number of carboxylic acid groups (broad SMARTS) is 1. The van der Waals surface area contributed by atoms with Crippen LogP contribution >= 0.6 is 0 Å². The first kappa shape index (κ1) is 8.09. The third kappa shape index (κ3) is 1.36. The summed E-state index contributed by atoms with van der Waals surface area (Å²) >= 11 is 0. The Morgan fingerprint density at radius 1 is 1.73 bits per heavy atom. The van der Waals surface area contributed by atoms with Gasteiger partial charge in [-0.1, -0.05) is 0 Å². The predicted molar refractivity (Wildman–Crippen MR) is 41.0 cm³/mol. The highest BCUT2D eigenvalue weighted by Crippen LogP contribution is 2.26. The van der Waals surface area contributed by atoms with Gasteiger partial charge in [0.15, 0.2) is 0 Å². The second-order valence-electron chi connectivity index (χ2n) is 2.79. The van der Waals surface area contributed by atoms with E-state index in [9.17, 15) is 4.79 Å². The van der Waals surface area contributed by atoms with E-state index in [0.717, 1.165) is 0 Å². The van der Waals surface area contributed by atoms with Gasteiger partial charge in [0.05, 0.1) is 0 Å². The van der Waals surface area contributed by atoms with E-state index in [-0.39, 0.29) is 0 Å². The van der Waals surface area contributed by atoms with Crippen LogP contribution in [0.1, 0.15) is 13.3 Å². The number of hydrogen-bond donors (Lipinski definition) is 2. The molecule has 11 heavy (non-hydrogen) atoms. The van der Waals surface area contributed by atoms with E-state index in [4.69, 9.17) is 5.11 Å². The van der Waals surface area contributed by atoms with Gasteiger partial charge < -0.3 is 10.4 Å². The lowest BCUT2D eigenvalue weighted by Gasteiger charge is -2.36. The lowest BCUT2D eigenvalue weighted by molar-refractivity contribution is -0.151. The molecule has 0 radical (unpaired) electrons. The van der Waals surface area contributed by atoms with Crippen molar-refractivity contribution in [2.24, 2.45) is 5.41 Å². The molecule has 0 aromatic carbocycles. The topological polar surface area (TPSA) is 49.3 Å². The van der Waals surface area contributed by atoms with Crippen molar-refractivity contribution in [2.75, 3.05) is 13.1 Å². The van der Waals surface area contributed by atoms with Crippen LogP contribution < -0.4 is 5.32 Å². The molecule has 0 aromatic rings. The molecule has 0 spiro atoms. The Kier molecular flexibility index (Phi) is 2.16. The highest BCUT2D eigenvalue weighted by atomic mass is 16.4. The fourth-order valence-corrected chi connectivity index (χ4v) is 1.04. The molecule has 0 unspecified atom stereocenters. The van der Waals surface area contributed by atoms with Crippen LogP contribution in [-0.2, 0) is 4.79 Å². The van der Waals surface area contributed by atoms with Gasteiger partial charge in [-0.15, -0.1) is 11.8 Å². The summed E-state index contributed by atoms with van der Waals surface area (Å²) in [6, 6.07) is 0. The summed E-state index contributed by atoms with van der Waals surface area (Å²) in [5, 5.41) is 11.7. The molecule has 1 rings (SSSR count). The van der Waals surface area contributed by atoms with Gasteiger partial charge in [0, 0.05) is 19.5 Å². The van der Waals surface area contributed by atoms with Gasteiger partial charge in [-0.2, -0.15) is 0 Å². The van der Waals surface area contributed by atoms with Gasteiger partial charge in [0.1, 0.15) is 5.41 Å². The average molecular weight is 153 g/mol. The van der Waals surface area contributed by atoms with Crippen LogP contribution in [0.25, 0.3) is 0 Å². The third-order valence-electron chi connectivity index (χ3n) is 1.98. The fourth-order valence-electron chi connectivity index (χ4n) is 1.04. The molecule has 1 heterocycles. The fraction of sp³-hybridized carbons (Fsp3) is 0.625. The molecule has 0 bridgehead atoms. The summed E-state index contributed by atoms with van der Waals surface area (Å²) in [6.45, 7) is 2.83. The van der Waals surface area contributed by atoms with Crippen molar-refractivity contribution < 1.29 is 9.90 Å². The SMILES string of the molecule is CC#CCC1(C(=O)O)CNC1. The van der Waals surface area contributed by atoms with Crippen LogP contribution in [0.3, 0.4) is 0 Å². The van der Waals surface area contributed by atoms with Crippen molar-refractivity contribution in [3.05, 3.63) is 0 Å². The summed E-state index contributed by atoms with van der Waals surface area (Å²) < 4.78 is 0. The largest absolute Gasteiger partial charge is 0.481 e. The normalized spacial score (nSPS) is 19.4. The molecule has 3 heteroatoms. The highest BCUT2D eigenvalue weighted by molar-refractivity contribution is 5.77. The smallest absolute Gasteiger partial charge is 0.313 e. The van der Waals surface area contributed by atoms with E-state index >= 15 is 0 Å². The molecule has 0 aromatic heterocycles. The van der Waals surface area contributed by atoms with E-state index in [0.29, 0.717) is 19.5 Å². The minimum absolute atomic E-state index is 0.464. The van der Waals surface area contributed by atoms with Gasteiger partial charge in [-0.25, -0.2) is 0 Å². The minimum atomic E-state index is -0.737. The maximum Gasteiger partial charge on any atom is 0.313 e. The van der Waals surface area contributed by atoms with Crippen molar-refractivity contribution in [3.63, 3.8) is 0 Å². The molecular weight excluding hydrogens is 142 g/mol. The molecule has 3 nitrogen and oxygen atoms in total. The second kappa shape index (κ2) is 2.93. The summed E-state index contributed by atoms with van der Waals surface area (Å²) in [5.74, 6) is 4.77. The second-order valence-corrected chi connectivity index (χ2v) is 2.79.